The van der Waals surface area contributed by atoms with Crippen LogP contribution in [-0.2, 0) is 16.0 Å². The summed E-state index contributed by atoms with van der Waals surface area (Å²) in [5, 5.41) is 16.6. The maximum atomic E-state index is 11.0. The molecule has 19 heavy (non-hydrogen) atoms. The van der Waals surface area contributed by atoms with Gasteiger partial charge in [-0.15, -0.1) is 5.10 Å². The van der Waals surface area contributed by atoms with Gasteiger partial charge in [0.2, 0.25) is 0 Å². The molecule has 1 aromatic rings. The summed E-state index contributed by atoms with van der Waals surface area (Å²) in [4.78, 5) is 11.0. The zero-order chi connectivity index (χ0) is 14.3. The van der Waals surface area contributed by atoms with E-state index in [9.17, 15) is 4.79 Å². The molecule has 0 aliphatic carbocycles. The second kappa shape index (κ2) is 7.85. The van der Waals surface area contributed by atoms with E-state index in [1.807, 2.05) is 13.8 Å². The van der Waals surface area contributed by atoms with Gasteiger partial charge in [-0.25, -0.2) is 9.48 Å². The van der Waals surface area contributed by atoms with Crippen LogP contribution in [0.25, 0.3) is 0 Å². The number of aromatic nitrogens is 3. The van der Waals surface area contributed by atoms with Crippen LogP contribution in [0.5, 0.6) is 0 Å². The van der Waals surface area contributed by atoms with Crippen molar-refractivity contribution in [1.29, 1.82) is 0 Å². The summed E-state index contributed by atoms with van der Waals surface area (Å²) in [6, 6.07) is 0. The molecule has 0 aromatic carbocycles. The van der Waals surface area contributed by atoms with Crippen LogP contribution in [0.2, 0.25) is 0 Å². The predicted molar refractivity (Wildman–Crippen MR) is 68.4 cm³/mol. The average Bonchev–Trinajstić information content (AvgIpc) is 2.77. The Labute approximate surface area is 112 Å². The van der Waals surface area contributed by atoms with Crippen molar-refractivity contribution in [2.75, 3.05) is 26.9 Å². The molecule has 0 spiro atoms. The molecule has 7 nitrogen and oxygen atoms in total. The van der Waals surface area contributed by atoms with Crippen molar-refractivity contribution in [3.8, 4) is 0 Å². The van der Waals surface area contributed by atoms with Gasteiger partial charge in [0, 0.05) is 20.3 Å². The fourth-order valence-corrected chi connectivity index (χ4v) is 1.77. The van der Waals surface area contributed by atoms with Gasteiger partial charge < -0.3 is 14.6 Å². The standard InChI is InChI=1S/C12H21N3O4/c1-9(2)11-10(12(16)17)13-14-15(11)5-8-19-7-4-6-18-3/h9H,4-8H2,1-3H3,(H,16,17). The van der Waals surface area contributed by atoms with E-state index in [0.29, 0.717) is 32.1 Å². The van der Waals surface area contributed by atoms with E-state index in [0.717, 1.165) is 6.42 Å². The number of carboxylic acids is 1. The molecule has 0 aliphatic heterocycles. The molecule has 1 N–H and O–H groups in total. The third-order valence-corrected chi connectivity index (χ3v) is 2.61. The Morgan fingerprint density at radius 1 is 1.37 bits per heavy atom. The summed E-state index contributed by atoms with van der Waals surface area (Å²) in [6.45, 7) is 6.10. The lowest BCUT2D eigenvalue weighted by Crippen LogP contribution is -2.14. The molecule has 0 amide bonds. The second-order valence-electron chi connectivity index (χ2n) is 4.47. The molecule has 0 saturated carbocycles. The number of hydrogen-bond acceptors (Lipinski definition) is 5. The topological polar surface area (TPSA) is 86.5 Å². The van der Waals surface area contributed by atoms with Crippen LogP contribution in [0.15, 0.2) is 0 Å². The van der Waals surface area contributed by atoms with Gasteiger partial charge in [-0.05, 0) is 12.3 Å². The Hall–Kier alpha value is -1.47. The maximum absolute atomic E-state index is 11.0. The van der Waals surface area contributed by atoms with E-state index < -0.39 is 5.97 Å². The Kier molecular flexibility index (Phi) is 6.44. The van der Waals surface area contributed by atoms with Crippen LogP contribution >= 0.6 is 0 Å². The number of rotatable bonds is 9. The lowest BCUT2D eigenvalue weighted by Gasteiger charge is -2.10. The van der Waals surface area contributed by atoms with Crippen LogP contribution in [-0.4, -0.2) is 53.0 Å². The molecule has 0 aliphatic rings. The van der Waals surface area contributed by atoms with Gasteiger partial charge in [0.05, 0.1) is 18.8 Å². The SMILES string of the molecule is COCCCOCCn1nnc(C(=O)O)c1C(C)C. The number of aromatic carboxylic acids is 1. The van der Waals surface area contributed by atoms with Crippen molar-refractivity contribution in [3.05, 3.63) is 11.4 Å². The van der Waals surface area contributed by atoms with Crippen molar-refractivity contribution >= 4 is 5.97 Å². The first-order valence-electron chi connectivity index (χ1n) is 6.31. The van der Waals surface area contributed by atoms with Crippen LogP contribution < -0.4 is 0 Å². The molecule has 0 fully saturated rings. The van der Waals surface area contributed by atoms with E-state index in [1.165, 1.54) is 0 Å². The first kappa shape index (κ1) is 15.6. The Balaban J connectivity index is 2.52. The first-order valence-corrected chi connectivity index (χ1v) is 6.31. The molecule has 1 aromatic heterocycles. The van der Waals surface area contributed by atoms with Gasteiger partial charge in [-0.3, -0.25) is 0 Å². The number of nitrogens with zero attached hydrogens (tertiary/aromatic N) is 3. The summed E-state index contributed by atoms with van der Waals surface area (Å²) in [6.07, 6.45) is 0.839. The van der Waals surface area contributed by atoms with Crippen LogP contribution in [0.4, 0.5) is 0 Å². The highest BCUT2D eigenvalue weighted by atomic mass is 16.5. The normalized spacial score (nSPS) is 11.2. The minimum Gasteiger partial charge on any atom is -0.476 e. The zero-order valence-electron chi connectivity index (χ0n) is 11.6. The molecule has 0 radical (unpaired) electrons. The summed E-state index contributed by atoms with van der Waals surface area (Å²) < 4.78 is 11.9. The molecule has 0 bridgehead atoms. The quantitative estimate of drug-likeness (QED) is 0.678. The summed E-state index contributed by atoms with van der Waals surface area (Å²) in [5.41, 5.74) is 0.655. The number of carbonyl (C=O) groups is 1. The van der Waals surface area contributed by atoms with Gasteiger partial charge in [0.1, 0.15) is 0 Å². The highest BCUT2D eigenvalue weighted by Gasteiger charge is 2.21. The van der Waals surface area contributed by atoms with Crippen LogP contribution in [0.3, 0.4) is 0 Å². The Morgan fingerprint density at radius 2 is 2.11 bits per heavy atom. The van der Waals surface area contributed by atoms with Crippen molar-refractivity contribution in [2.45, 2.75) is 32.7 Å². The van der Waals surface area contributed by atoms with Crippen molar-refractivity contribution in [3.63, 3.8) is 0 Å². The summed E-state index contributed by atoms with van der Waals surface area (Å²) >= 11 is 0. The summed E-state index contributed by atoms with van der Waals surface area (Å²) in [5.74, 6) is -0.995. The van der Waals surface area contributed by atoms with E-state index in [2.05, 4.69) is 10.3 Å². The van der Waals surface area contributed by atoms with Crippen molar-refractivity contribution < 1.29 is 19.4 Å². The van der Waals surface area contributed by atoms with Gasteiger partial charge in [-0.1, -0.05) is 19.1 Å². The molecule has 1 heterocycles. The smallest absolute Gasteiger partial charge is 0.358 e. The Morgan fingerprint density at radius 3 is 2.68 bits per heavy atom. The molecule has 0 unspecified atom stereocenters. The number of methoxy groups -OCH3 is 1. The van der Waals surface area contributed by atoms with Gasteiger partial charge in [0.25, 0.3) is 0 Å². The molecular formula is C12H21N3O4. The molecular weight excluding hydrogens is 250 g/mol. The van der Waals surface area contributed by atoms with Gasteiger partial charge in [0.15, 0.2) is 5.69 Å². The Bertz CT molecular complexity index is 404. The average molecular weight is 271 g/mol. The molecule has 7 heteroatoms. The molecule has 0 atom stereocenters. The van der Waals surface area contributed by atoms with Gasteiger partial charge >= 0.3 is 5.97 Å². The first-order chi connectivity index (χ1) is 9.07. The summed E-state index contributed by atoms with van der Waals surface area (Å²) in [7, 11) is 1.65. The molecule has 1 rings (SSSR count). The second-order valence-corrected chi connectivity index (χ2v) is 4.47. The van der Waals surface area contributed by atoms with Crippen molar-refractivity contribution in [1.82, 2.24) is 15.0 Å². The molecule has 108 valence electrons. The van der Waals surface area contributed by atoms with E-state index in [4.69, 9.17) is 14.6 Å². The monoisotopic (exact) mass is 271 g/mol. The largest absolute Gasteiger partial charge is 0.476 e. The number of ether oxygens (including phenoxy) is 2. The third kappa shape index (κ3) is 4.60. The number of carboxylic acid groups (broad SMARTS) is 1. The highest BCUT2D eigenvalue weighted by Crippen LogP contribution is 2.17. The minimum absolute atomic E-state index is 0.0226. The van der Waals surface area contributed by atoms with Crippen molar-refractivity contribution in [2.24, 2.45) is 0 Å². The highest BCUT2D eigenvalue weighted by molar-refractivity contribution is 5.86. The fraction of sp³-hybridized carbons (Fsp3) is 0.750. The maximum Gasteiger partial charge on any atom is 0.358 e. The number of hydrogen-bond donors (Lipinski definition) is 1. The lowest BCUT2D eigenvalue weighted by molar-refractivity contribution is 0.0688. The fourth-order valence-electron chi connectivity index (χ4n) is 1.77. The zero-order valence-corrected chi connectivity index (χ0v) is 11.6. The van der Waals surface area contributed by atoms with Gasteiger partial charge in [-0.2, -0.15) is 0 Å². The van der Waals surface area contributed by atoms with Crippen LogP contribution in [0.1, 0.15) is 42.4 Å². The van der Waals surface area contributed by atoms with E-state index >= 15 is 0 Å². The van der Waals surface area contributed by atoms with E-state index in [-0.39, 0.29) is 11.6 Å². The minimum atomic E-state index is -1.05. The van der Waals surface area contributed by atoms with E-state index in [1.54, 1.807) is 11.8 Å². The molecule has 0 saturated heterocycles. The van der Waals surface area contributed by atoms with Crippen LogP contribution in [0, 0.1) is 0 Å². The predicted octanol–water partition coefficient (Wildman–Crippen LogP) is 1.15. The third-order valence-electron chi connectivity index (χ3n) is 2.61. The lowest BCUT2D eigenvalue weighted by atomic mass is 10.1.